The lowest BCUT2D eigenvalue weighted by Crippen LogP contribution is -2.44. The van der Waals surface area contributed by atoms with Crippen LogP contribution in [0.25, 0.3) is 0 Å². The van der Waals surface area contributed by atoms with Gasteiger partial charge in [-0.05, 0) is 37.0 Å². The van der Waals surface area contributed by atoms with Crippen LogP contribution in [0.4, 0.5) is 0 Å². The van der Waals surface area contributed by atoms with Gasteiger partial charge in [0.25, 0.3) is 11.8 Å². The van der Waals surface area contributed by atoms with E-state index in [1.165, 1.54) is 6.07 Å². The highest BCUT2D eigenvalue weighted by Gasteiger charge is 2.27. The Labute approximate surface area is 199 Å². The molecule has 2 N–H and O–H groups in total. The molecule has 0 saturated carbocycles. The smallest absolute Gasteiger partial charge is 0.272 e. The minimum atomic E-state index is -0.744. The highest BCUT2D eigenvalue weighted by Crippen LogP contribution is 2.18. The van der Waals surface area contributed by atoms with Crippen LogP contribution in [0.3, 0.4) is 0 Å². The first-order valence-corrected chi connectivity index (χ1v) is 11.5. The Balaban J connectivity index is 1.40. The van der Waals surface area contributed by atoms with Crippen LogP contribution in [0.1, 0.15) is 51.0 Å². The van der Waals surface area contributed by atoms with Crippen molar-refractivity contribution in [2.45, 2.75) is 45.9 Å². The molecule has 1 aliphatic heterocycles. The molecule has 2 heterocycles. The minimum absolute atomic E-state index is 0.129. The van der Waals surface area contributed by atoms with E-state index in [1.807, 2.05) is 61.5 Å². The predicted molar refractivity (Wildman–Crippen MR) is 128 cm³/mol. The Kier molecular flexibility index (Phi) is 7.06. The van der Waals surface area contributed by atoms with E-state index in [0.717, 1.165) is 23.1 Å². The van der Waals surface area contributed by atoms with Crippen molar-refractivity contribution >= 4 is 17.7 Å². The van der Waals surface area contributed by atoms with E-state index >= 15 is 0 Å². The number of carbonyl (C=O) groups excluding carboxylic acids is 3. The summed E-state index contributed by atoms with van der Waals surface area (Å²) in [6, 6.07) is 18.3. The molecule has 3 amide bonds. The average molecular weight is 460 g/mol. The first-order valence-electron chi connectivity index (χ1n) is 11.5. The Morgan fingerprint density at radius 1 is 1.06 bits per heavy atom. The maximum atomic E-state index is 13.2. The summed E-state index contributed by atoms with van der Waals surface area (Å²) in [5.41, 5.74) is 3.71. The van der Waals surface area contributed by atoms with Crippen molar-refractivity contribution in [2.24, 2.45) is 0 Å². The molecule has 0 spiro atoms. The van der Waals surface area contributed by atoms with Gasteiger partial charge < -0.3 is 15.5 Å². The van der Waals surface area contributed by atoms with E-state index in [-0.39, 0.29) is 17.5 Å². The van der Waals surface area contributed by atoms with Crippen LogP contribution in [-0.4, -0.2) is 45.0 Å². The zero-order chi connectivity index (χ0) is 24.1. The zero-order valence-corrected chi connectivity index (χ0v) is 19.5. The summed E-state index contributed by atoms with van der Waals surface area (Å²) in [5.74, 6) is -0.930. The second-order valence-electron chi connectivity index (χ2n) is 8.54. The summed E-state index contributed by atoms with van der Waals surface area (Å²) in [6.45, 7) is 5.71. The average Bonchev–Trinajstić information content (AvgIpc) is 3.21. The van der Waals surface area contributed by atoms with Gasteiger partial charge in [-0.25, -0.2) is 0 Å². The number of nitrogens with one attached hydrogen (secondary N) is 2. The molecule has 1 aliphatic rings. The molecule has 4 rings (SSSR count). The second kappa shape index (κ2) is 10.3. The molecule has 0 aliphatic carbocycles. The van der Waals surface area contributed by atoms with Crippen molar-refractivity contribution in [2.75, 3.05) is 6.54 Å². The van der Waals surface area contributed by atoms with Gasteiger partial charge in [0.1, 0.15) is 11.7 Å². The van der Waals surface area contributed by atoms with Gasteiger partial charge in [0.2, 0.25) is 5.91 Å². The molecule has 1 aromatic heterocycles. The highest BCUT2D eigenvalue weighted by atomic mass is 16.2. The third-order valence-electron chi connectivity index (χ3n) is 5.99. The summed E-state index contributed by atoms with van der Waals surface area (Å²) < 4.78 is 1.59. The molecule has 1 unspecified atom stereocenters. The molecule has 2 aromatic carbocycles. The van der Waals surface area contributed by atoms with Crippen LogP contribution in [0.2, 0.25) is 0 Å². The van der Waals surface area contributed by atoms with E-state index in [4.69, 9.17) is 0 Å². The molecule has 176 valence electrons. The number of hydrogen-bond donors (Lipinski definition) is 2. The molecule has 8 heteroatoms. The number of amides is 3. The molecular formula is C26H29N5O3. The summed E-state index contributed by atoms with van der Waals surface area (Å²) >= 11 is 0. The number of rotatable bonds is 7. The SMILES string of the molecule is Cc1ccccc1CN1CCCn2nc(C(=O)NC(C)C(=O)NCc3ccccc3)cc2C1=O. The van der Waals surface area contributed by atoms with Crippen LogP contribution in [-0.2, 0) is 24.4 Å². The van der Waals surface area contributed by atoms with Crippen molar-refractivity contribution in [3.8, 4) is 0 Å². The fraction of sp³-hybridized carbons (Fsp3) is 0.308. The van der Waals surface area contributed by atoms with Gasteiger partial charge in [0.05, 0.1) is 0 Å². The Hall–Kier alpha value is -3.94. The van der Waals surface area contributed by atoms with Gasteiger partial charge in [-0.2, -0.15) is 5.10 Å². The molecule has 0 saturated heterocycles. The lowest BCUT2D eigenvalue weighted by molar-refractivity contribution is -0.122. The van der Waals surface area contributed by atoms with Gasteiger partial charge in [-0.15, -0.1) is 0 Å². The van der Waals surface area contributed by atoms with E-state index in [2.05, 4.69) is 15.7 Å². The van der Waals surface area contributed by atoms with E-state index < -0.39 is 11.9 Å². The van der Waals surface area contributed by atoms with Crippen LogP contribution in [0, 0.1) is 6.92 Å². The molecule has 3 aromatic rings. The van der Waals surface area contributed by atoms with Gasteiger partial charge in [-0.3, -0.25) is 19.1 Å². The maximum Gasteiger partial charge on any atom is 0.272 e. The van der Waals surface area contributed by atoms with Crippen LogP contribution in [0.15, 0.2) is 60.7 Å². The van der Waals surface area contributed by atoms with Crippen LogP contribution >= 0.6 is 0 Å². The zero-order valence-electron chi connectivity index (χ0n) is 19.5. The van der Waals surface area contributed by atoms with Crippen molar-refractivity contribution < 1.29 is 14.4 Å². The number of benzene rings is 2. The monoisotopic (exact) mass is 459 g/mol. The van der Waals surface area contributed by atoms with E-state index in [1.54, 1.807) is 16.5 Å². The van der Waals surface area contributed by atoms with Crippen molar-refractivity contribution in [1.82, 2.24) is 25.3 Å². The molecule has 8 nitrogen and oxygen atoms in total. The fourth-order valence-electron chi connectivity index (χ4n) is 3.96. The van der Waals surface area contributed by atoms with Crippen molar-refractivity contribution in [1.29, 1.82) is 0 Å². The number of aryl methyl sites for hydroxylation is 2. The van der Waals surface area contributed by atoms with Crippen molar-refractivity contribution in [3.63, 3.8) is 0 Å². The molecular weight excluding hydrogens is 430 g/mol. The van der Waals surface area contributed by atoms with Gasteiger partial charge in [-0.1, -0.05) is 54.6 Å². The van der Waals surface area contributed by atoms with Crippen LogP contribution < -0.4 is 10.6 Å². The highest BCUT2D eigenvalue weighted by molar-refractivity contribution is 5.99. The first-order chi connectivity index (χ1) is 16.4. The lowest BCUT2D eigenvalue weighted by Gasteiger charge is -2.21. The Bertz CT molecular complexity index is 1190. The van der Waals surface area contributed by atoms with Crippen LogP contribution in [0.5, 0.6) is 0 Å². The number of hydrogen-bond acceptors (Lipinski definition) is 4. The Morgan fingerprint density at radius 3 is 2.56 bits per heavy atom. The topological polar surface area (TPSA) is 96.3 Å². The summed E-state index contributed by atoms with van der Waals surface area (Å²) in [6.07, 6.45) is 0.742. The normalized spacial score (nSPS) is 14.2. The first kappa shape index (κ1) is 23.2. The molecule has 1 atom stereocenters. The van der Waals surface area contributed by atoms with E-state index in [0.29, 0.717) is 31.9 Å². The minimum Gasteiger partial charge on any atom is -0.350 e. The fourth-order valence-corrected chi connectivity index (χ4v) is 3.96. The summed E-state index contributed by atoms with van der Waals surface area (Å²) in [5, 5.41) is 9.84. The number of carbonyl (C=O) groups is 3. The third-order valence-corrected chi connectivity index (χ3v) is 5.99. The predicted octanol–water partition coefficient (Wildman–Crippen LogP) is 2.67. The van der Waals surface area contributed by atoms with E-state index in [9.17, 15) is 14.4 Å². The third kappa shape index (κ3) is 5.33. The largest absolute Gasteiger partial charge is 0.350 e. The van der Waals surface area contributed by atoms with Gasteiger partial charge in [0.15, 0.2) is 5.69 Å². The number of fused-ring (bicyclic) bond motifs is 1. The molecule has 34 heavy (non-hydrogen) atoms. The molecule has 0 bridgehead atoms. The molecule has 0 radical (unpaired) electrons. The Morgan fingerprint density at radius 2 is 1.79 bits per heavy atom. The summed E-state index contributed by atoms with van der Waals surface area (Å²) in [4.78, 5) is 40.2. The lowest BCUT2D eigenvalue weighted by atomic mass is 10.1. The second-order valence-corrected chi connectivity index (χ2v) is 8.54. The standard InChI is InChI=1S/C26H29N5O3/c1-18-9-6-7-12-21(18)17-30-13-8-14-31-23(26(30)34)15-22(29-31)25(33)28-19(2)24(32)27-16-20-10-4-3-5-11-20/h3-7,9-12,15,19H,8,13-14,16-17H2,1-2H3,(H,27,32)(H,28,33). The number of nitrogens with zero attached hydrogens (tertiary/aromatic N) is 3. The van der Waals surface area contributed by atoms with Gasteiger partial charge in [0, 0.05) is 32.2 Å². The maximum absolute atomic E-state index is 13.2. The van der Waals surface area contributed by atoms with Crippen molar-refractivity contribution in [3.05, 3.63) is 88.7 Å². The van der Waals surface area contributed by atoms with Gasteiger partial charge >= 0.3 is 0 Å². The summed E-state index contributed by atoms with van der Waals surface area (Å²) in [7, 11) is 0. The molecule has 0 fully saturated rings. The number of aromatic nitrogens is 2. The quantitative estimate of drug-likeness (QED) is 0.568.